The minimum Gasteiger partial charge on any atom is -0.317 e. The first-order valence-corrected chi connectivity index (χ1v) is 7.41. The van der Waals surface area contributed by atoms with Crippen molar-refractivity contribution in [3.8, 4) is 0 Å². The average Bonchev–Trinajstić information content (AvgIpc) is 2.25. The number of sulfone groups is 1. The molecule has 0 aliphatic heterocycles. The summed E-state index contributed by atoms with van der Waals surface area (Å²) in [7, 11) is -2.96. The lowest BCUT2D eigenvalue weighted by molar-refractivity contribution is 0.589. The van der Waals surface area contributed by atoms with Crippen LogP contribution in [0.15, 0.2) is 30.3 Å². The third-order valence-corrected chi connectivity index (χ3v) is 3.97. The van der Waals surface area contributed by atoms with Gasteiger partial charge in [-0.2, -0.15) is 0 Å². The average molecular weight is 241 g/mol. The fraction of sp³-hybridized carbons (Fsp3) is 0.500. The molecule has 16 heavy (non-hydrogen) atoms. The SMILES string of the molecule is CCNCCCS(=O)(=O)Cc1ccccc1. The van der Waals surface area contributed by atoms with Gasteiger partial charge in [-0.1, -0.05) is 37.3 Å². The molecule has 0 radical (unpaired) electrons. The van der Waals surface area contributed by atoms with Gasteiger partial charge in [-0.25, -0.2) is 8.42 Å². The number of hydrogen-bond acceptors (Lipinski definition) is 3. The first kappa shape index (κ1) is 13.2. The van der Waals surface area contributed by atoms with E-state index in [1.165, 1.54) is 0 Å². The lowest BCUT2D eigenvalue weighted by atomic mass is 10.2. The van der Waals surface area contributed by atoms with Crippen molar-refractivity contribution < 1.29 is 8.42 Å². The highest BCUT2D eigenvalue weighted by Crippen LogP contribution is 2.06. The van der Waals surface area contributed by atoms with Gasteiger partial charge in [0.1, 0.15) is 0 Å². The quantitative estimate of drug-likeness (QED) is 0.738. The number of rotatable bonds is 7. The standard InChI is InChI=1S/C12H19NO2S/c1-2-13-9-6-10-16(14,15)11-12-7-4-3-5-8-12/h3-5,7-8,13H,2,6,9-11H2,1H3. The van der Waals surface area contributed by atoms with E-state index in [2.05, 4.69) is 5.32 Å². The Kier molecular flexibility index (Phi) is 5.49. The predicted molar refractivity (Wildman–Crippen MR) is 67.1 cm³/mol. The highest BCUT2D eigenvalue weighted by Gasteiger charge is 2.10. The van der Waals surface area contributed by atoms with Gasteiger partial charge in [0.05, 0.1) is 11.5 Å². The maximum absolute atomic E-state index is 11.7. The molecule has 0 fully saturated rings. The Morgan fingerprint density at radius 2 is 1.88 bits per heavy atom. The fourth-order valence-electron chi connectivity index (χ4n) is 1.49. The van der Waals surface area contributed by atoms with Crippen molar-refractivity contribution in [1.29, 1.82) is 0 Å². The summed E-state index contributed by atoms with van der Waals surface area (Å²) in [4.78, 5) is 0. The second-order valence-corrected chi connectivity index (χ2v) is 5.97. The molecule has 1 aromatic rings. The van der Waals surface area contributed by atoms with Crippen LogP contribution in [0.4, 0.5) is 0 Å². The number of benzene rings is 1. The Morgan fingerprint density at radius 3 is 2.50 bits per heavy atom. The van der Waals surface area contributed by atoms with Crippen LogP contribution in [0.2, 0.25) is 0 Å². The van der Waals surface area contributed by atoms with Gasteiger partial charge >= 0.3 is 0 Å². The summed E-state index contributed by atoms with van der Waals surface area (Å²) in [6, 6.07) is 9.32. The molecule has 0 saturated heterocycles. The van der Waals surface area contributed by atoms with Crippen LogP contribution >= 0.6 is 0 Å². The van der Waals surface area contributed by atoms with Crippen molar-refractivity contribution in [2.24, 2.45) is 0 Å². The third-order valence-electron chi connectivity index (χ3n) is 2.29. The zero-order valence-corrected chi connectivity index (χ0v) is 10.5. The Morgan fingerprint density at radius 1 is 1.19 bits per heavy atom. The Labute approximate surface area is 97.8 Å². The molecule has 90 valence electrons. The predicted octanol–water partition coefficient (Wildman–Crippen LogP) is 1.60. The molecule has 0 atom stereocenters. The van der Waals surface area contributed by atoms with Crippen LogP contribution < -0.4 is 5.32 Å². The monoisotopic (exact) mass is 241 g/mol. The summed E-state index contributed by atoms with van der Waals surface area (Å²) in [6.45, 7) is 3.67. The Balaban J connectivity index is 2.40. The maximum atomic E-state index is 11.7. The zero-order valence-electron chi connectivity index (χ0n) is 9.65. The van der Waals surface area contributed by atoms with Crippen LogP contribution in [0, 0.1) is 0 Å². The Bertz CT molecular complexity index is 387. The van der Waals surface area contributed by atoms with Gasteiger partial charge in [0, 0.05) is 0 Å². The van der Waals surface area contributed by atoms with Gasteiger partial charge in [-0.3, -0.25) is 0 Å². The molecule has 4 heteroatoms. The molecule has 0 aromatic heterocycles. The van der Waals surface area contributed by atoms with Crippen molar-refractivity contribution >= 4 is 9.84 Å². The van der Waals surface area contributed by atoms with Crippen molar-refractivity contribution in [2.75, 3.05) is 18.8 Å². The molecule has 1 rings (SSSR count). The van der Waals surface area contributed by atoms with E-state index in [4.69, 9.17) is 0 Å². The van der Waals surface area contributed by atoms with Gasteiger partial charge in [0.25, 0.3) is 0 Å². The van der Waals surface area contributed by atoms with E-state index in [0.717, 1.165) is 18.7 Å². The van der Waals surface area contributed by atoms with Gasteiger partial charge in [0.2, 0.25) is 0 Å². The van der Waals surface area contributed by atoms with E-state index in [9.17, 15) is 8.42 Å². The van der Waals surface area contributed by atoms with Crippen LogP contribution in [0.1, 0.15) is 18.9 Å². The maximum Gasteiger partial charge on any atom is 0.154 e. The molecule has 0 amide bonds. The number of nitrogens with one attached hydrogen (secondary N) is 1. The van der Waals surface area contributed by atoms with E-state index < -0.39 is 9.84 Å². The highest BCUT2D eigenvalue weighted by atomic mass is 32.2. The van der Waals surface area contributed by atoms with Crippen molar-refractivity contribution in [3.63, 3.8) is 0 Å². The summed E-state index contributed by atoms with van der Waals surface area (Å²) in [5, 5.41) is 3.12. The largest absolute Gasteiger partial charge is 0.317 e. The highest BCUT2D eigenvalue weighted by molar-refractivity contribution is 7.90. The summed E-state index contributed by atoms with van der Waals surface area (Å²) in [5.41, 5.74) is 0.867. The van der Waals surface area contributed by atoms with E-state index in [0.29, 0.717) is 6.42 Å². The minimum atomic E-state index is -2.96. The van der Waals surface area contributed by atoms with Crippen LogP contribution in [0.5, 0.6) is 0 Å². The van der Waals surface area contributed by atoms with Crippen LogP contribution in [-0.2, 0) is 15.6 Å². The molecule has 0 spiro atoms. The summed E-state index contributed by atoms with van der Waals surface area (Å²) in [5.74, 6) is 0.412. The first-order chi connectivity index (χ1) is 7.64. The smallest absolute Gasteiger partial charge is 0.154 e. The summed E-state index contributed by atoms with van der Waals surface area (Å²) >= 11 is 0. The van der Waals surface area contributed by atoms with Crippen LogP contribution in [0.25, 0.3) is 0 Å². The van der Waals surface area contributed by atoms with E-state index >= 15 is 0 Å². The molecule has 1 aromatic carbocycles. The molecule has 1 N–H and O–H groups in total. The zero-order chi connectivity index (χ0) is 11.9. The molecule has 0 saturated carbocycles. The van der Waals surface area contributed by atoms with Crippen LogP contribution in [0.3, 0.4) is 0 Å². The lowest BCUT2D eigenvalue weighted by Crippen LogP contribution is -2.18. The minimum absolute atomic E-state index is 0.153. The van der Waals surface area contributed by atoms with Crippen molar-refractivity contribution in [2.45, 2.75) is 19.1 Å². The van der Waals surface area contributed by atoms with E-state index in [-0.39, 0.29) is 11.5 Å². The molecule has 0 aliphatic carbocycles. The molecule has 0 unspecified atom stereocenters. The van der Waals surface area contributed by atoms with Gasteiger partial charge in [-0.15, -0.1) is 0 Å². The Hall–Kier alpha value is -0.870. The second kappa shape index (κ2) is 6.66. The number of hydrogen-bond donors (Lipinski definition) is 1. The first-order valence-electron chi connectivity index (χ1n) is 5.59. The third kappa shape index (κ3) is 5.28. The molecule has 0 bridgehead atoms. The van der Waals surface area contributed by atoms with Gasteiger partial charge in [-0.05, 0) is 25.1 Å². The molecule has 0 aliphatic rings. The molecular weight excluding hydrogens is 222 g/mol. The molecule has 3 nitrogen and oxygen atoms in total. The normalized spacial score (nSPS) is 11.6. The van der Waals surface area contributed by atoms with Crippen molar-refractivity contribution in [1.82, 2.24) is 5.32 Å². The topological polar surface area (TPSA) is 46.2 Å². The lowest BCUT2D eigenvalue weighted by Gasteiger charge is -2.04. The van der Waals surface area contributed by atoms with E-state index in [1.807, 2.05) is 37.3 Å². The molecular formula is C12H19NO2S. The second-order valence-electron chi connectivity index (χ2n) is 3.78. The summed E-state index contributed by atoms with van der Waals surface area (Å²) in [6.07, 6.45) is 0.684. The summed E-state index contributed by atoms with van der Waals surface area (Å²) < 4.78 is 23.5. The van der Waals surface area contributed by atoms with Gasteiger partial charge in [0.15, 0.2) is 9.84 Å². The van der Waals surface area contributed by atoms with Crippen molar-refractivity contribution in [3.05, 3.63) is 35.9 Å². The fourth-order valence-corrected chi connectivity index (χ4v) is 2.92. The van der Waals surface area contributed by atoms with Crippen LogP contribution in [-0.4, -0.2) is 27.3 Å². The van der Waals surface area contributed by atoms with Gasteiger partial charge < -0.3 is 5.32 Å². The van der Waals surface area contributed by atoms with E-state index in [1.54, 1.807) is 0 Å². The molecule has 0 heterocycles.